The molecule has 1 atom stereocenters. The first-order valence-electron chi connectivity index (χ1n) is 10.0. The minimum absolute atomic E-state index is 0.415. The highest BCUT2D eigenvalue weighted by Gasteiger charge is 2.46. The van der Waals surface area contributed by atoms with E-state index in [9.17, 15) is 0 Å². The molecule has 3 aliphatic rings. The van der Waals surface area contributed by atoms with Crippen LogP contribution in [-0.2, 0) is 4.74 Å². The van der Waals surface area contributed by atoms with Gasteiger partial charge in [-0.15, -0.1) is 0 Å². The van der Waals surface area contributed by atoms with E-state index in [0.29, 0.717) is 17.5 Å². The molecule has 3 fully saturated rings. The molecule has 0 radical (unpaired) electrons. The second-order valence-electron chi connectivity index (χ2n) is 8.65. The van der Waals surface area contributed by atoms with Crippen LogP contribution in [0.2, 0.25) is 0 Å². The van der Waals surface area contributed by atoms with Crippen LogP contribution in [0.4, 0.5) is 5.95 Å². The molecule has 1 aliphatic carbocycles. The molecule has 1 aromatic rings. The monoisotopic (exact) mass is 344 g/mol. The Balaban J connectivity index is 1.44. The standard InChI is InChI=1S/C20H32N4O/c1-16(2)23-10-6-20(7-11-23)12-18(14-25-13-17-4-5-17)24(15-20)19-21-8-3-9-22-19/h3,8-9,16-18H,4-7,10-15H2,1-2H3/t18-/m0/s1. The van der Waals surface area contributed by atoms with Crippen LogP contribution in [0.3, 0.4) is 0 Å². The Morgan fingerprint density at radius 1 is 1.16 bits per heavy atom. The summed E-state index contributed by atoms with van der Waals surface area (Å²) in [5, 5.41) is 0. The summed E-state index contributed by atoms with van der Waals surface area (Å²) in [5.74, 6) is 1.71. The Bertz CT molecular complexity index is 552. The van der Waals surface area contributed by atoms with Crippen LogP contribution in [-0.4, -0.2) is 59.8 Å². The van der Waals surface area contributed by atoms with E-state index in [1.54, 1.807) is 0 Å². The van der Waals surface area contributed by atoms with Crippen molar-refractivity contribution in [2.75, 3.05) is 37.7 Å². The van der Waals surface area contributed by atoms with Gasteiger partial charge in [-0.05, 0) is 76.4 Å². The van der Waals surface area contributed by atoms with Gasteiger partial charge in [0.25, 0.3) is 0 Å². The molecule has 1 saturated carbocycles. The third-order valence-electron chi connectivity index (χ3n) is 6.37. The van der Waals surface area contributed by atoms with E-state index in [1.165, 1.54) is 45.2 Å². The minimum atomic E-state index is 0.415. The molecule has 2 aliphatic heterocycles. The zero-order valence-electron chi connectivity index (χ0n) is 15.7. The predicted molar refractivity (Wildman–Crippen MR) is 99.7 cm³/mol. The zero-order valence-corrected chi connectivity index (χ0v) is 15.7. The van der Waals surface area contributed by atoms with E-state index in [4.69, 9.17) is 4.74 Å². The molecule has 25 heavy (non-hydrogen) atoms. The predicted octanol–water partition coefficient (Wildman–Crippen LogP) is 2.97. The largest absolute Gasteiger partial charge is 0.379 e. The first-order valence-corrected chi connectivity index (χ1v) is 10.0. The minimum Gasteiger partial charge on any atom is -0.379 e. The molecule has 5 nitrogen and oxygen atoms in total. The van der Waals surface area contributed by atoms with E-state index in [2.05, 4.69) is 33.6 Å². The zero-order chi connectivity index (χ0) is 17.3. The second kappa shape index (κ2) is 7.20. The van der Waals surface area contributed by atoms with E-state index in [0.717, 1.165) is 31.6 Å². The lowest BCUT2D eigenvalue weighted by Gasteiger charge is -2.41. The van der Waals surface area contributed by atoms with Crippen molar-refractivity contribution in [2.24, 2.45) is 11.3 Å². The molecule has 0 amide bonds. The van der Waals surface area contributed by atoms with E-state index < -0.39 is 0 Å². The Hall–Kier alpha value is -1.20. The highest BCUT2D eigenvalue weighted by molar-refractivity contribution is 5.35. The van der Waals surface area contributed by atoms with Gasteiger partial charge in [0.1, 0.15) is 0 Å². The third kappa shape index (κ3) is 3.98. The van der Waals surface area contributed by atoms with Crippen molar-refractivity contribution >= 4 is 5.95 Å². The summed E-state index contributed by atoms with van der Waals surface area (Å²) in [7, 11) is 0. The Kier molecular flexibility index (Phi) is 4.96. The summed E-state index contributed by atoms with van der Waals surface area (Å²) < 4.78 is 6.08. The van der Waals surface area contributed by atoms with Gasteiger partial charge in [0.15, 0.2) is 0 Å². The summed E-state index contributed by atoms with van der Waals surface area (Å²) in [4.78, 5) is 14.1. The van der Waals surface area contributed by atoms with Crippen molar-refractivity contribution < 1.29 is 4.74 Å². The smallest absolute Gasteiger partial charge is 0.225 e. The quantitative estimate of drug-likeness (QED) is 0.793. The average molecular weight is 345 g/mol. The molecule has 4 rings (SSSR count). The van der Waals surface area contributed by atoms with Crippen molar-refractivity contribution in [3.8, 4) is 0 Å². The fourth-order valence-corrected chi connectivity index (χ4v) is 4.52. The van der Waals surface area contributed by atoms with E-state index in [-0.39, 0.29) is 0 Å². The number of anilines is 1. The van der Waals surface area contributed by atoms with Gasteiger partial charge in [-0.25, -0.2) is 9.97 Å². The molecule has 0 unspecified atom stereocenters. The molecule has 0 aromatic carbocycles. The van der Waals surface area contributed by atoms with Gasteiger partial charge in [-0.1, -0.05) is 0 Å². The van der Waals surface area contributed by atoms with Crippen molar-refractivity contribution in [3.05, 3.63) is 18.5 Å². The number of hydrogen-bond donors (Lipinski definition) is 0. The number of nitrogens with zero attached hydrogens (tertiary/aromatic N) is 4. The summed E-state index contributed by atoms with van der Waals surface area (Å²) in [6.07, 6.45) is 10.2. The first-order chi connectivity index (χ1) is 12.2. The summed E-state index contributed by atoms with van der Waals surface area (Å²) >= 11 is 0. The maximum atomic E-state index is 6.08. The van der Waals surface area contributed by atoms with E-state index >= 15 is 0 Å². The summed E-state index contributed by atoms with van der Waals surface area (Å²) in [5.41, 5.74) is 0.415. The Morgan fingerprint density at radius 3 is 2.52 bits per heavy atom. The lowest BCUT2D eigenvalue weighted by Crippen LogP contribution is -2.44. The topological polar surface area (TPSA) is 41.5 Å². The number of rotatable bonds is 6. The maximum absolute atomic E-state index is 6.08. The number of likely N-dealkylation sites (tertiary alicyclic amines) is 1. The summed E-state index contributed by atoms with van der Waals surface area (Å²) in [6, 6.07) is 2.98. The van der Waals surface area contributed by atoms with Crippen molar-refractivity contribution in [1.82, 2.24) is 14.9 Å². The molecule has 0 bridgehead atoms. The van der Waals surface area contributed by atoms with Gasteiger partial charge in [-0.2, -0.15) is 0 Å². The van der Waals surface area contributed by atoms with E-state index in [1.807, 2.05) is 18.5 Å². The van der Waals surface area contributed by atoms with Crippen LogP contribution >= 0.6 is 0 Å². The third-order valence-corrected chi connectivity index (χ3v) is 6.37. The van der Waals surface area contributed by atoms with Gasteiger partial charge in [0.05, 0.1) is 12.6 Å². The van der Waals surface area contributed by atoms with Gasteiger partial charge in [0.2, 0.25) is 5.95 Å². The van der Waals surface area contributed by atoms with Crippen LogP contribution in [0.25, 0.3) is 0 Å². The van der Waals surface area contributed by atoms with Gasteiger partial charge in [-0.3, -0.25) is 0 Å². The summed E-state index contributed by atoms with van der Waals surface area (Å²) in [6.45, 7) is 9.91. The number of hydrogen-bond acceptors (Lipinski definition) is 5. The van der Waals surface area contributed by atoms with Crippen molar-refractivity contribution in [3.63, 3.8) is 0 Å². The molecule has 3 heterocycles. The number of piperidine rings is 1. The lowest BCUT2D eigenvalue weighted by atomic mass is 9.76. The highest BCUT2D eigenvalue weighted by Crippen LogP contribution is 2.44. The number of ether oxygens (including phenoxy) is 1. The SMILES string of the molecule is CC(C)N1CCC2(CC1)C[C@@H](COCC1CC1)N(c1ncccn1)C2. The van der Waals surface area contributed by atoms with Crippen LogP contribution < -0.4 is 4.90 Å². The molecule has 138 valence electrons. The normalized spacial score (nSPS) is 26.7. The fraction of sp³-hybridized carbons (Fsp3) is 0.800. The van der Waals surface area contributed by atoms with Gasteiger partial charge < -0.3 is 14.5 Å². The molecule has 1 spiro atoms. The Morgan fingerprint density at radius 2 is 1.88 bits per heavy atom. The Labute approximate surface area is 151 Å². The lowest BCUT2D eigenvalue weighted by molar-refractivity contribution is 0.0816. The molecular weight excluding hydrogens is 312 g/mol. The van der Waals surface area contributed by atoms with Crippen molar-refractivity contribution in [2.45, 2.75) is 58.0 Å². The highest BCUT2D eigenvalue weighted by atomic mass is 16.5. The molecule has 1 aromatic heterocycles. The molecule has 2 saturated heterocycles. The number of aromatic nitrogens is 2. The first kappa shape index (κ1) is 17.2. The van der Waals surface area contributed by atoms with Gasteiger partial charge in [0, 0.05) is 31.6 Å². The fourth-order valence-electron chi connectivity index (χ4n) is 4.52. The van der Waals surface area contributed by atoms with Crippen LogP contribution in [0, 0.1) is 11.3 Å². The molecule has 0 N–H and O–H groups in total. The molecule has 5 heteroatoms. The average Bonchev–Trinajstić information content (AvgIpc) is 3.38. The van der Waals surface area contributed by atoms with Crippen LogP contribution in [0.5, 0.6) is 0 Å². The van der Waals surface area contributed by atoms with Crippen molar-refractivity contribution in [1.29, 1.82) is 0 Å². The maximum Gasteiger partial charge on any atom is 0.225 e. The second-order valence-corrected chi connectivity index (χ2v) is 8.65. The van der Waals surface area contributed by atoms with Gasteiger partial charge >= 0.3 is 0 Å². The molecular formula is C20H32N4O. The van der Waals surface area contributed by atoms with Crippen LogP contribution in [0.1, 0.15) is 46.0 Å². The van der Waals surface area contributed by atoms with Crippen LogP contribution in [0.15, 0.2) is 18.5 Å².